The minimum Gasteiger partial charge on any atom is -0.497 e. The number of furan rings is 1. The van der Waals surface area contributed by atoms with E-state index in [0.717, 1.165) is 22.4 Å². The van der Waals surface area contributed by atoms with Gasteiger partial charge in [-0.1, -0.05) is 6.07 Å². The molecule has 6 heteroatoms. The summed E-state index contributed by atoms with van der Waals surface area (Å²) in [7, 11) is 1.59. The van der Waals surface area contributed by atoms with Crippen LogP contribution in [0.3, 0.4) is 0 Å². The molecule has 1 aliphatic heterocycles. The molecule has 3 aromatic rings. The molecule has 2 amide bonds. The Labute approximate surface area is 156 Å². The van der Waals surface area contributed by atoms with Gasteiger partial charge in [0.25, 0.3) is 5.91 Å². The number of fused-ring (bicyclic) bond motifs is 1. The summed E-state index contributed by atoms with van der Waals surface area (Å²) in [6.07, 6.45) is 0.274. The average Bonchev–Trinajstić information content (AvgIpc) is 3.22. The van der Waals surface area contributed by atoms with Gasteiger partial charge in [0.05, 0.1) is 13.2 Å². The molecular formula is C21H20N2O4. The lowest BCUT2D eigenvalue weighted by atomic mass is 10.1. The Morgan fingerprint density at radius 1 is 1.22 bits per heavy atom. The van der Waals surface area contributed by atoms with Gasteiger partial charge in [-0.05, 0) is 43.3 Å². The molecule has 0 bridgehead atoms. The third-order valence-corrected chi connectivity index (χ3v) is 4.73. The van der Waals surface area contributed by atoms with Gasteiger partial charge in [0.1, 0.15) is 17.1 Å². The zero-order chi connectivity index (χ0) is 19.0. The van der Waals surface area contributed by atoms with Crippen molar-refractivity contribution in [1.82, 2.24) is 5.32 Å². The molecule has 1 aliphatic rings. The van der Waals surface area contributed by atoms with E-state index in [9.17, 15) is 9.59 Å². The quantitative estimate of drug-likeness (QED) is 0.771. The first-order valence-electron chi connectivity index (χ1n) is 8.79. The maximum Gasteiger partial charge on any atom is 0.251 e. The van der Waals surface area contributed by atoms with E-state index in [1.807, 2.05) is 37.3 Å². The number of hydrogen-bond donors (Lipinski definition) is 1. The van der Waals surface area contributed by atoms with Crippen LogP contribution in [-0.4, -0.2) is 31.5 Å². The van der Waals surface area contributed by atoms with Crippen LogP contribution in [0.5, 0.6) is 5.75 Å². The summed E-state index contributed by atoms with van der Waals surface area (Å²) in [6.45, 7) is 2.31. The van der Waals surface area contributed by atoms with Gasteiger partial charge in [0, 0.05) is 35.7 Å². The Morgan fingerprint density at radius 3 is 2.89 bits per heavy atom. The lowest BCUT2D eigenvalue weighted by Gasteiger charge is -2.18. The monoisotopic (exact) mass is 364 g/mol. The Hall–Kier alpha value is -3.28. The third kappa shape index (κ3) is 3.38. The lowest BCUT2D eigenvalue weighted by molar-refractivity contribution is -0.117. The van der Waals surface area contributed by atoms with Gasteiger partial charge in [-0.2, -0.15) is 0 Å². The van der Waals surface area contributed by atoms with Crippen molar-refractivity contribution in [1.29, 1.82) is 0 Å². The first-order chi connectivity index (χ1) is 13.0. The fourth-order valence-corrected chi connectivity index (χ4v) is 3.42. The normalized spacial score (nSPS) is 16.7. The number of nitrogens with one attached hydrogen (secondary N) is 1. The van der Waals surface area contributed by atoms with Crippen LogP contribution < -0.4 is 15.0 Å². The first-order valence-corrected chi connectivity index (χ1v) is 8.79. The molecule has 1 unspecified atom stereocenters. The fraction of sp³-hybridized carbons (Fsp3) is 0.238. The van der Waals surface area contributed by atoms with Crippen molar-refractivity contribution in [3.05, 3.63) is 59.9 Å². The van der Waals surface area contributed by atoms with Crippen LogP contribution in [0, 0.1) is 6.92 Å². The van der Waals surface area contributed by atoms with E-state index in [0.29, 0.717) is 17.9 Å². The van der Waals surface area contributed by atoms with E-state index in [1.54, 1.807) is 30.2 Å². The summed E-state index contributed by atoms with van der Waals surface area (Å²) < 4.78 is 10.8. The van der Waals surface area contributed by atoms with Crippen LogP contribution in [0.1, 0.15) is 22.5 Å². The van der Waals surface area contributed by atoms with Crippen LogP contribution in [0.4, 0.5) is 5.69 Å². The van der Waals surface area contributed by atoms with Crippen molar-refractivity contribution < 1.29 is 18.7 Å². The van der Waals surface area contributed by atoms with Crippen molar-refractivity contribution in [3.8, 4) is 5.75 Å². The Morgan fingerprint density at radius 2 is 2.07 bits per heavy atom. The molecule has 0 spiro atoms. The Kier molecular flexibility index (Phi) is 4.32. The highest BCUT2D eigenvalue weighted by molar-refractivity contribution is 6.00. The van der Waals surface area contributed by atoms with Gasteiger partial charge in [0.15, 0.2) is 0 Å². The fourth-order valence-electron chi connectivity index (χ4n) is 3.42. The molecule has 1 N–H and O–H groups in total. The van der Waals surface area contributed by atoms with Gasteiger partial charge in [-0.3, -0.25) is 9.59 Å². The SMILES string of the molecule is COc1cccc(N2CC(NC(=O)c3ccc4oc(C)cc4c3)CC2=O)c1. The molecule has 6 nitrogen and oxygen atoms in total. The molecule has 0 aliphatic carbocycles. The molecule has 1 atom stereocenters. The van der Waals surface area contributed by atoms with E-state index in [2.05, 4.69) is 5.32 Å². The number of aryl methyl sites for hydroxylation is 1. The second-order valence-corrected chi connectivity index (χ2v) is 6.69. The molecule has 138 valence electrons. The molecule has 2 aromatic carbocycles. The highest BCUT2D eigenvalue weighted by Crippen LogP contribution is 2.26. The van der Waals surface area contributed by atoms with Crippen LogP contribution in [0.15, 0.2) is 52.9 Å². The van der Waals surface area contributed by atoms with Gasteiger partial charge in [-0.25, -0.2) is 0 Å². The number of amides is 2. The number of nitrogens with zero attached hydrogens (tertiary/aromatic N) is 1. The zero-order valence-corrected chi connectivity index (χ0v) is 15.2. The molecule has 0 radical (unpaired) electrons. The van der Waals surface area contributed by atoms with Crippen LogP contribution >= 0.6 is 0 Å². The number of anilines is 1. The highest BCUT2D eigenvalue weighted by Gasteiger charge is 2.32. The smallest absolute Gasteiger partial charge is 0.251 e. The van der Waals surface area contributed by atoms with Gasteiger partial charge in [-0.15, -0.1) is 0 Å². The molecule has 27 heavy (non-hydrogen) atoms. The topological polar surface area (TPSA) is 71.8 Å². The van der Waals surface area contributed by atoms with Crippen molar-refractivity contribution >= 4 is 28.5 Å². The highest BCUT2D eigenvalue weighted by atomic mass is 16.5. The molecule has 1 fully saturated rings. The van der Waals surface area contributed by atoms with Gasteiger partial charge in [0.2, 0.25) is 5.91 Å². The summed E-state index contributed by atoms with van der Waals surface area (Å²) >= 11 is 0. The van der Waals surface area contributed by atoms with Crippen molar-refractivity contribution in [2.45, 2.75) is 19.4 Å². The summed E-state index contributed by atoms with van der Waals surface area (Å²) in [4.78, 5) is 26.7. The lowest BCUT2D eigenvalue weighted by Crippen LogP contribution is -2.37. The molecule has 1 aromatic heterocycles. The van der Waals surface area contributed by atoms with E-state index >= 15 is 0 Å². The number of carbonyl (C=O) groups is 2. The molecule has 4 rings (SSSR count). The molecule has 1 saturated heterocycles. The predicted octanol–water partition coefficient (Wildman–Crippen LogP) is 3.29. The predicted molar refractivity (Wildman–Crippen MR) is 102 cm³/mol. The second-order valence-electron chi connectivity index (χ2n) is 6.69. The number of rotatable bonds is 4. The summed E-state index contributed by atoms with van der Waals surface area (Å²) in [5.74, 6) is 1.28. The van der Waals surface area contributed by atoms with Crippen LogP contribution in [0.2, 0.25) is 0 Å². The summed E-state index contributed by atoms with van der Waals surface area (Å²) in [5.41, 5.74) is 2.08. The molecule has 2 heterocycles. The summed E-state index contributed by atoms with van der Waals surface area (Å²) in [6, 6.07) is 14.3. The third-order valence-electron chi connectivity index (χ3n) is 4.73. The number of hydrogen-bond acceptors (Lipinski definition) is 4. The second kappa shape index (κ2) is 6.79. The Balaban J connectivity index is 1.47. The van der Waals surface area contributed by atoms with Gasteiger partial charge >= 0.3 is 0 Å². The minimum atomic E-state index is -0.238. The number of carbonyl (C=O) groups excluding carboxylic acids is 2. The maximum atomic E-state index is 12.6. The van der Waals surface area contributed by atoms with Crippen LogP contribution in [-0.2, 0) is 4.79 Å². The molecular weight excluding hydrogens is 344 g/mol. The van der Waals surface area contributed by atoms with E-state index in [-0.39, 0.29) is 24.3 Å². The van der Waals surface area contributed by atoms with E-state index < -0.39 is 0 Å². The average molecular weight is 364 g/mol. The van der Waals surface area contributed by atoms with E-state index in [1.165, 1.54) is 0 Å². The van der Waals surface area contributed by atoms with Crippen molar-refractivity contribution in [2.75, 3.05) is 18.6 Å². The van der Waals surface area contributed by atoms with Crippen molar-refractivity contribution in [2.24, 2.45) is 0 Å². The number of methoxy groups -OCH3 is 1. The van der Waals surface area contributed by atoms with Crippen LogP contribution in [0.25, 0.3) is 11.0 Å². The van der Waals surface area contributed by atoms with E-state index in [4.69, 9.17) is 9.15 Å². The zero-order valence-electron chi connectivity index (χ0n) is 15.2. The van der Waals surface area contributed by atoms with Gasteiger partial charge < -0.3 is 19.4 Å². The Bertz CT molecular complexity index is 1020. The first kappa shape index (κ1) is 17.1. The molecule has 0 saturated carbocycles. The standard InChI is InChI=1S/C21H20N2O4/c1-13-8-15-9-14(6-7-19(15)27-13)21(25)22-16-10-20(24)23(12-16)17-4-3-5-18(11-17)26-2/h3-9,11,16H,10,12H2,1-2H3,(H,22,25). The largest absolute Gasteiger partial charge is 0.497 e. The minimum absolute atomic E-state index is 0.0190. The number of benzene rings is 2. The maximum absolute atomic E-state index is 12.6. The number of ether oxygens (including phenoxy) is 1. The van der Waals surface area contributed by atoms with Crippen molar-refractivity contribution in [3.63, 3.8) is 0 Å². The summed E-state index contributed by atoms with van der Waals surface area (Å²) in [5, 5.41) is 3.85.